The summed E-state index contributed by atoms with van der Waals surface area (Å²) in [5, 5.41) is 3.21. The molecule has 0 heterocycles. The molecule has 2 rings (SSSR count). The van der Waals surface area contributed by atoms with Crippen LogP contribution in [0.5, 0.6) is 0 Å². The third-order valence-corrected chi connectivity index (χ3v) is 3.98. The van der Waals surface area contributed by atoms with Crippen LogP contribution in [0.15, 0.2) is 24.3 Å². The number of nitrogens with one attached hydrogen (secondary N) is 1. The summed E-state index contributed by atoms with van der Waals surface area (Å²) in [4.78, 5) is 0. The lowest BCUT2D eigenvalue weighted by Crippen LogP contribution is -2.34. The van der Waals surface area contributed by atoms with Crippen LogP contribution in [0, 0.1) is 5.41 Å². The number of hydrogen-bond donors (Lipinski definition) is 2. The van der Waals surface area contributed by atoms with Crippen molar-refractivity contribution in [3.63, 3.8) is 0 Å². The molecule has 0 radical (unpaired) electrons. The summed E-state index contributed by atoms with van der Waals surface area (Å²) < 4.78 is 37.3. The normalized spacial score (nSPS) is 18.5. The van der Waals surface area contributed by atoms with Gasteiger partial charge in [0, 0.05) is 12.2 Å². The second-order valence-electron chi connectivity index (χ2n) is 5.34. The minimum absolute atomic E-state index is 0.114. The molecule has 19 heavy (non-hydrogen) atoms. The highest BCUT2D eigenvalue weighted by atomic mass is 19.4. The first-order valence-corrected chi connectivity index (χ1v) is 6.56. The molecule has 0 atom stereocenters. The highest BCUT2D eigenvalue weighted by Gasteiger charge is 2.32. The maximum absolute atomic E-state index is 12.4. The average molecular weight is 272 g/mol. The molecule has 1 saturated carbocycles. The van der Waals surface area contributed by atoms with Gasteiger partial charge in [-0.2, -0.15) is 13.2 Å². The Labute approximate surface area is 111 Å². The van der Waals surface area contributed by atoms with Crippen molar-refractivity contribution in [3.05, 3.63) is 29.8 Å². The number of benzene rings is 1. The Hall–Kier alpha value is -1.23. The minimum atomic E-state index is -4.28. The molecule has 1 fully saturated rings. The van der Waals surface area contributed by atoms with Crippen molar-refractivity contribution in [1.29, 1.82) is 0 Å². The Morgan fingerprint density at radius 3 is 2.16 bits per heavy atom. The first-order valence-electron chi connectivity index (χ1n) is 6.56. The maximum atomic E-state index is 12.4. The van der Waals surface area contributed by atoms with E-state index in [1.54, 1.807) is 0 Å². The summed E-state index contributed by atoms with van der Waals surface area (Å²) in [5.74, 6) is 0. The first kappa shape index (κ1) is 14.2. The molecule has 106 valence electrons. The summed E-state index contributed by atoms with van der Waals surface area (Å²) in [6.45, 7) is 1.36. The van der Waals surface area contributed by atoms with Crippen LogP contribution in [-0.4, -0.2) is 13.1 Å². The molecular formula is C14H19F3N2. The van der Waals surface area contributed by atoms with E-state index in [0.717, 1.165) is 31.5 Å². The Kier molecular flexibility index (Phi) is 4.04. The highest BCUT2D eigenvalue weighted by molar-refractivity contribution is 5.45. The third kappa shape index (κ3) is 3.41. The van der Waals surface area contributed by atoms with Crippen molar-refractivity contribution >= 4 is 5.69 Å². The van der Waals surface area contributed by atoms with Crippen LogP contribution in [-0.2, 0) is 6.18 Å². The van der Waals surface area contributed by atoms with Crippen molar-refractivity contribution in [3.8, 4) is 0 Å². The standard InChI is InChI=1S/C14H19F3N2/c15-14(16,17)11-3-5-12(6-4-11)19-10-13(9-18)7-1-2-8-13/h3-6,19H,1-2,7-10,18H2. The van der Waals surface area contributed by atoms with Crippen LogP contribution in [0.4, 0.5) is 18.9 Å². The largest absolute Gasteiger partial charge is 0.416 e. The summed E-state index contributed by atoms with van der Waals surface area (Å²) in [5.41, 5.74) is 6.04. The van der Waals surface area contributed by atoms with Gasteiger partial charge in [-0.3, -0.25) is 0 Å². The molecule has 0 aliphatic heterocycles. The van der Waals surface area contributed by atoms with Crippen LogP contribution in [0.3, 0.4) is 0 Å². The van der Waals surface area contributed by atoms with E-state index in [-0.39, 0.29) is 5.41 Å². The fourth-order valence-corrected chi connectivity index (χ4v) is 2.64. The number of anilines is 1. The second kappa shape index (κ2) is 5.41. The Balaban J connectivity index is 1.96. The Morgan fingerprint density at radius 2 is 1.68 bits per heavy atom. The fourth-order valence-electron chi connectivity index (χ4n) is 2.64. The zero-order valence-corrected chi connectivity index (χ0v) is 10.8. The highest BCUT2D eigenvalue weighted by Crippen LogP contribution is 2.37. The molecule has 5 heteroatoms. The van der Waals surface area contributed by atoms with Gasteiger partial charge in [-0.05, 0) is 49.1 Å². The van der Waals surface area contributed by atoms with E-state index in [4.69, 9.17) is 5.73 Å². The maximum Gasteiger partial charge on any atom is 0.416 e. The van der Waals surface area contributed by atoms with Crippen molar-refractivity contribution < 1.29 is 13.2 Å². The molecule has 0 spiro atoms. The number of hydrogen-bond acceptors (Lipinski definition) is 2. The summed E-state index contributed by atoms with van der Waals surface area (Å²) in [6, 6.07) is 5.15. The van der Waals surface area contributed by atoms with Gasteiger partial charge in [-0.1, -0.05) is 12.8 Å². The van der Waals surface area contributed by atoms with Crippen molar-refractivity contribution in [2.75, 3.05) is 18.4 Å². The molecule has 1 aromatic rings. The number of alkyl halides is 3. The zero-order valence-electron chi connectivity index (χ0n) is 10.8. The molecule has 0 saturated heterocycles. The number of halogens is 3. The lowest BCUT2D eigenvalue weighted by atomic mass is 9.86. The third-order valence-electron chi connectivity index (χ3n) is 3.98. The van der Waals surface area contributed by atoms with E-state index in [9.17, 15) is 13.2 Å². The summed E-state index contributed by atoms with van der Waals surface area (Å²) in [7, 11) is 0. The molecule has 3 N–H and O–H groups in total. The van der Waals surface area contributed by atoms with Crippen LogP contribution in [0.2, 0.25) is 0 Å². The Bertz CT molecular complexity index is 406. The van der Waals surface area contributed by atoms with Crippen LogP contribution in [0.1, 0.15) is 31.2 Å². The summed E-state index contributed by atoms with van der Waals surface area (Å²) in [6.07, 6.45) is 0.286. The predicted molar refractivity (Wildman–Crippen MR) is 69.9 cm³/mol. The molecule has 1 aromatic carbocycles. The zero-order chi connectivity index (χ0) is 13.9. The van der Waals surface area contributed by atoms with Gasteiger partial charge in [-0.15, -0.1) is 0 Å². The first-order chi connectivity index (χ1) is 8.95. The summed E-state index contributed by atoms with van der Waals surface area (Å²) >= 11 is 0. The smallest absolute Gasteiger partial charge is 0.384 e. The molecular weight excluding hydrogens is 253 g/mol. The van der Waals surface area contributed by atoms with E-state index in [1.165, 1.54) is 25.0 Å². The van der Waals surface area contributed by atoms with Gasteiger partial charge in [0.15, 0.2) is 0 Å². The molecule has 0 unspecified atom stereocenters. The molecule has 1 aliphatic carbocycles. The van der Waals surface area contributed by atoms with Gasteiger partial charge >= 0.3 is 6.18 Å². The van der Waals surface area contributed by atoms with E-state index in [0.29, 0.717) is 12.2 Å². The van der Waals surface area contributed by atoms with Gasteiger partial charge < -0.3 is 11.1 Å². The van der Waals surface area contributed by atoms with E-state index < -0.39 is 11.7 Å². The molecule has 0 aromatic heterocycles. The SMILES string of the molecule is NCC1(CNc2ccc(C(F)(F)F)cc2)CCCC1. The number of rotatable bonds is 4. The second-order valence-corrected chi connectivity index (χ2v) is 5.34. The monoisotopic (exact) mass is 272 g/mol. The van der Waals surface area contributed by atoms with Gasteiger partial charge in [0.1, 0.15) is 0 Å². The van der Waals surface area contributed by atoms with Gasteiger partial charge in [0.05, 0.1) is 5.56 Å². The molecule has 1 aliphatic rings. The minimum Gasteiger partial charge on any atom is -0.384 e. The molecule has 2 nitrogen and oxygen atoms in total. The number of nitrogens with two attached hydrogens (primary N) is 1. The van der Waals surface area contributed by atoms with Crippen LogP contribution >= 0.6 is 0 Å². The van der Waals surface area contributed by atoms with Crippen LogP contribution < -0.4 is 11.1 Å². The van der Waals surface area contributed by atoms with Crippen LogP contribution in [0.25, 0.3) is 0 Å². The van der Waals surface area contributed by atoms with Crippen molar-refractivity contribution in [1.82, 2.24) is 0 Å². The fraction of sp³-hybridized carbons (Fsp3) is 0.571. The van der Waals surface area contributed by atoms with Crippen molar-refractivity contribution in [2.45, 2.75) is 31.9 Å². The topological polar surface area (TPSA) is 38.0 Å². The molecule has 0 bridgehead atoms. The average Bonchev–Trinajstić information content (AvgIpc) is 2.85. The van der Waals surface area contributed by atoms with Crippen molar-refractivity contribution in [2.24, 2.45) is 11.1 Å². The molecule has 0 amide bonds. The van der Waals surface area contributed by atoms with E-state index >= 15 is 0 Å². The lowest BCUT2D eigenvalue weighted by Gasteiger charge is -2.28. The lowest BCUT2D eigenvalue weighted by molar-refractivity contribution is -0.137. The van der Waals surface area contributed by atoms with Gasteiger partial charge in [0.2, 0.25) is 0 Å². The van der Waals surface area contributed by atoms with Gasteiger partial charge in [-0.25, -0.2) is 0 Å². The van der Waals surface area contributed by atoms with E-state index in [2.05, 4.69) is 5.32 Å². The van der Waals surface area contributed by atoms with Gasteiger partial charge in [0.25, 0.3) is 0 Å². The Morgan fingerprint density at radius 1 is 1.11 bits per heavy atom. The van der Waals surface area contributed by atoms with E-state index in [1.807, 2.05) is 0 Å². The quantitative estimate of drug-likeness (QED) is 0.878. The predicted octanol–water partition coefficient (Wildman–Crippen LogP) is 3.64.